The van der Waals surface area contributed by atoms with Gasteiger partial charge in [-0.15, -0.1) is 0 Å². The number of benzene rings is 1. The molecule has 0 radical (unpaired) electrons. The molecular weight excluding hydrogens is 281 g/mol. The van der Waals surface area contributed by atoms with Gasteiger partial charge < -0.3 is 10.4 Å². The van der Waals surface area contributed by atoms with Crippen molar-refractivity contribution in [1.82, 2.24) is 5.32 Å². The predicted octanol–water partition coefficient (Wildman–Crippen LogP) is 4.20. The molecule has 0 aromatic heterocycles. The lowest BCUT2D eigenvalue weighted by atomic mass is 9.87. The summed E-state index contributed by atoms with van der Waals surface area (Å²) in [5.74, 6) is 0.656. The molecule has 19 heavy (non-hydrogen) atoms. The molecule has 4 heteroatoms. The van der Waals surface area contributed by atoms with Crippen LogP contribution in [0.15, 0.2) is 18.2 Å². The van der Waals surface area contributed by atoms with E-state index >= 15 is 0 Å². The number of hydrogen-bond acceptors (Lipinski definition) is 2. The predicted molar refractivity (Wildman–Crippen MR) is 80.8 cm³/mol. The molecular formula is C15H21Cl2NO. The molecule has 1 aliphatic carbocycles. The lowest BCUT2D eigenvalue weighted by Crippen LogP contribution is -2.29. The van der Waals surface area contributed by atoms with Crippen molar-refractivity contribution in [2.24, 2.45) is 5.92 Å². The van der Waals surface area contributed by atoms with Crippen molar-refractivity contribution in [3.63, 3.8) is 0 Å². The van der Waals surface area contributed by atoms with Crippen molar-refractivity contribution in [3.05, 3.63) is 33.8 Å². The molecule has 106 valence electrons. The highest BCUT2D eigenvalue weighted by Gasteiger charge is 2.20. The first kappa shape index (κ1) is 15.1. The van der Waals surface area contributed by atoms with Gasteiger partial charge in [-0.05, 0) is 68.8 Å². The summed E-state index contributed by atoms with van der Waals surface area (Å²) in [5.41, 5.74) is 1.05. The molecule has 0 spiro atoms. The second-order valence-corrected chi connectivity index (χ2v) is 6.31. The SMILES string of the molecule is CC(NCC1CCC(O)CC1)c1cc(Cl)ccc1Cl. The number of rotatable bonds is 4. The van der Waals surface area contributed by atoms with Gasteiger partial charge >= 0.3 is 0 Å². The zero-order valence-corrected chi connectivity index (χ0v) is 12.7. The number of nitrogens with one attached hydrogen (secondary N) is 1. The van der Waals surface area contributed by atoms with Crippen LogP contribution < -0.4 is 5.32 Å². The van der Waals surface area contributed by atoms with E-state index in [1.165, 1.54) is 0 Å². The van der Waals surface area contributed by atoms with Gasteiger partial charge in [0.25, 0.3) is 0 Å². The van der Waals surface area contributed by atoms with Crippen LogP contribution in [0.5, 0.6) is 0 Å². The number of aliphatic hydroxyl groups excluding tert-OH is 1. The van der Waals surface area contributed by atoms with Crippen LogP contribution in [0.4, 0.5) is 0 Å². The topological polar surface area (TPSA) is 32.3 Å². The summed E-state index contributed by atoms with van der Waals surface area (Å²) in [4.78, 5) is 0. The van der Waals surface area contributed by atoms with Crippen molar-refractivity contribution >= 4 is 23.2 Å². The van der Waals surface area contributed by atoms with E-state index in [0.29, 0.717) is 10.9 Å². The highest BCUT2D eigenvalue weighted by molar-refractivity contribution is 6.33. The first-order valence-corrected chi connectivity index (χ1v) is 7.68. The zero-order chi connectivity index (χ0) is 13.8. The molecule has 0 saturated heterocycles. The van der Waals surface area contributed by atoms with Crippen LogP contribution in [-0.2, 0) is 0 Å². The summed E-state index contributed by atoms with van der Waals surface area (Å²) < 4.78 is 0. The highest BCUT2D eigenvalue weighted by atomic mass is 35.5. The molecule has 2 nitrogen and oxygen atoms in total. The molecule has 1 aromatic carbocycles. The van der Waals surface area contributed by atoms with E-state index in [4.69, 9.17) is 23.2 Å². The number of halogens is 2. The van der Waals surface area contributed by atoms with E-state index in [9.17, 15) is 5.11 Å². The molecule has 0 bridgehead atoms. The Morgan fingerprint density at radius 3 is 2.63 bits per heavy atom. The normalized spacial score (nSPS) is 25.3. The fourth-order valence-electron chi connectivity index (χ4n) is 2.65. The fourth-order valence-corrected chi connectivity index (χ4v) is 3.11. The third-order valence-corrected chi connectivity index (χ3v) is 4.53. The van der Waals surface area contributed by atoms with Crippen LogP contribution in [0.2, 0.25) is 10.0 Å². The van der Waals surface area contributed by atoms with E-state index in [1.54, 1.807) is 0 Å². The van der Waals surface area contributed by atoms with Gasteiger partial charge in [0.1, 0.15) is 0 Å². The van der Waals surface area contributed by atoms with Gasteiger partial charge in [-0.3, -0.25) is 0 Å². The van der Waals surface area contributed by atoms with Gasteiger partial charge in [0.15, 0.2) is 0 Å². The van der Waals surface area contributed by atoms with E-state index in [-0.39, 0.29) is 12.1 Å². The Kier molecular flexibility index (Phi) is 5.52. The second-order valence-electron chi connectivity index (χ2n) is 5.47. The maximum Gasteiger partial charge on any atom is 0.0540 e. The maximum absolute atomic E-state index is 9.50. The molecule has 2 N–H and O–H groups in total. The monoisotopic (exact) mass is 301 g/mol. The van der Waals surface area contributed by atoms with Gasteiger partial charge in [-0.2, -0.15) is 0 Å². The lowest BCUT2D eigenvalue weighted by molar-refractivity contribution is 0.108. The average Bonchev–Trinajstić information content (AvgIpc) is 2.40. The van der Waals surface area contributed by atoms with Crippen molar-refractivity contribution in [3.8, 4) is 0 Å². The van der Waals surface area contributed by atoms with Crippen molar-refractivity contribution < 1.29 is 5.11 Å². The van der Waals surface area contributed by atoms with Crippen LogP contribution in [0.1, 0.15) is 44.2 Å². The van der Waals surface area contributed by atoms with Crippen LogP contribution in [0, 0.1) is 5.92 Å². The van der Waals surface area contributed by atoms with E-state index in [2.05, 4.69) is 12.2 Å². The molecule has 1 aliphatic rings. The fraction of sp³-hybridized carbons (Fsp3) is 0.600. The standard InChI is InChI=1S/C15H21Cl2NO/c1-10(14-8-12(16)4-7-15(14)17)18-9-11-2-5-13(19)6-3-11/h4,7-8,10-11,13,18-19H,2-3,5-6,9H2,1H3. The van der Waals surface area contributed by atoms with Gasteiger partial charge in [0.05, 0.1) is 6.10 Å². The molecule has 0 heterocycles. The maximum atomic E-state index is 9.50. The van der Waals surface area contributed by atoms with Crippen LogP contribution in [0.25, 0.3) is 0 Å². The summed E-state index contributed by atoms with van der Waals surface area (Å²) in [7, 11) is 0. The Hall–Kier alpha value is -0.280. The minimum atomic E-state index is -0.0870. The molecule has 0 aliphatic heterocycles. The third-order valence-electron chi connectivity index (χ3n) is 3.95. The summed E-state index contributed by atoms with van der Waals surface area (Å²) in [6.45, 7) is 3.08. The van der Waals surface area contributed by atoms with Crippen molar-refractivity contribution in [2.45, 2.75) is 44.8 Å². The van der Waals surface area contributed by atoms with E-state index in [1.807, 2.05) is 18.2 Å². The van der Waals surface area contributed by atoms with E-state index in [0.717, 1.165) is 42.8 Å². The van der Waals surface area contributed by atoms with Gasteiger partial charge in [0, 0.05) is 16.1 Å². The average molecular weight is 302 g/mol. The molecule has 1 atom stereocenters. The van der Waals surface area contributed by atoms with E-state index < -0.39 is 0 Å². The Labute approximate surface area is 125 Å². The first-order chi connectivity index (χ1) is 9.06. The minimum absolute atomic E-state index is 0.0870. The molecule has 1 unspecified atom stereocenters. The summed E-state index contributed by atoms with van der Waals surface area (Å²) in [6.07, 6.45) is 3.97. The Bertz CT molecular complexity index is 417. The smallest absolute Gasteiger partial charge is 0.0540 e. The lowest BCUT2D eigenvalue weighted by Gasteiger charge is -2.27. The van der Waals surface area contributed by atoms with Crippen LogP contribution in [-0.4, -0.2) is 17.8 Å². The van der Waals surface area contributed by atoms with Crippen LogP contribution >= 0.6 is 23.2 Å². The number of aliphatic hydroxyl groups is 1. The largest absolute Gasteiger partial charge is 0.393 e. The molecule has 1 aromatic rings. The van der Waals surface area contributed by atoms with Gasteiger partial charge in [-0.1, -0.05) is 23.2 Å². The summed E-state index contributed by atoms with van der Waals surface area (Å²) in [5, 5.41) is 14.5. The first-order valence-electron chi connectivity index (χ1n) is 6.92. The van der Waals surface area contributed by atoms with Crippen molar-refractivity contribution in [2.75, 3.05) is 6.54 Å². The quantitative estimate of drug-likeness (QED) is 0.874. The zero-order valence-electron chi connectivity index (χ0n) is 11.2. The molecule has 2 rings (SSSR count). The Morgan fingerprint density at radius 2 is 1.95 bits per heavy atom. The Balaban J connectivity index is 1.87. The minimum Gasteiger partial charge on any atom is -0.393 e. The summed E-state index contributed by atoms with van der Waals surface area (Å²) in [6, 6.07) is 5.77. The molecule has 1 fully saturated rings. The van der Waals surface area contributed by atoms with Crippen molar-refractivity contribution in [1.29, 1.82) is 0 Å². The number of hydrogen-bond donors (Lipinski definition) is 2. The van der Waals surface area contributed by atoms with Gasteiger partial charge in [-0.25, -0.2) is 0 Å². The summed E-state index contributed by atoms with van der Waals surface area (Å²) >= 11 is 12.2. The van der Waals surface area contributed by atoms with Gasteiger partial charge in [0.2, 0.25) is 0 Å². The molecule has 1 saturated carbocycles. The third kappa shape index (κ3) is 4.35. The van der Waals surface area contributed by atoms with Crippen LogP contribution in [0.3, 0.4) is 0 Å². The highest BCUT2D eigenvalue weighted by Crippen LogP contribution is 2.28. The second kappa shape index (κ2) is 6.94. The Morgan fingerprint density at radius 1 is 1.26 bits per heavy atom. The molecule has 0 amide bonds.